The van der Waals surface area contributed by atoms with E-state index in [2.05, 4.69) is 20.9 Å². The van der Waals surface area contributed by atoms with Crippen LogP contribution >= 0.6 is 0 Å². The molecule has 0 unspecified atom stereocenters. The number of carbonyl (C=O) groups excluding carboxylic acids is 1. The standard InChI is InChI=1S/C18H17N5O4/c19-22-23-21-16(17(24)25)9-20-18(26)27-10-15-13-7-3-1-5-11(13)12-6-2-4-8-14(12)15/h1-8,15-16,21H,9-10H2,(H,20,26)(H,24,25)/t16-/m0/s1. The van der Waals surface area contributed by atoms with Gasteiger partial charge >= 0.3 is 12.1 Å². The van der Waals surface area contributed by atoms with Gasteiger partial charge in [0.1, 0.15) is 6.61 Å². The maximum Gasteiger partial charge on any atom is 0.407 e. The summed E-state index contributed by atoms with van der Waals surface area (Å²) < 4.78 is 5.30. The number of nitrogens with one attached hydrogen (secondary N) is 2. The van der Waals surface area contributed by atoms with Gasteiger partial charge in [0, 0.05) is 5.92 Å². The molecule has 138 valence electrons. The number of rotatable bonds is 7. The van der Waals surface area contributed by atoms with Crippen LogP contribution in [0.3, 0.4) is 0 Å². The van der Waals surface area contributed by atoms with Gasteiger partial charge in [-0.1, -0.05) is 48.5 Å². The van der Waals surface area contributed by atoms with Crippen molar-refractivity contribution >= 4 is 12.1 Å². The van der Waals surface area contributed by atoms with E-state index in [-0.39, 0.29) is 19.1 Å². The number of carbonyl (C=O) groups is 2. The third kappa shape index (κ3) is 3.94. The summed E-state index contributed by atoms with van der Waals surface area (Å²) in [5, 5.41) is 14.3. The zero-order chi connectivity index (χ0) is 19.2. The fourth-order valence-corrected chi connectivity index (χ4v) is 3.12. The number of benzene rings is 2. The molecule has 3 rings (SSSR count). The molecule has 0 bridgehead atoms. The molecule has 0 heterocycles. The van der Waals surface area contributed by atoms with Crippen LogP contribution in [0.5, 0.6) is 0 Å². The van der Waals surface area contributed by atoms with Crippen LogP contribution < -0.4 is 10.7 Å². The van der Waals surface area contributed by atoms with Gasteiger partial charge in [0.2, 0.25) is 6.04 Å². The van der Waals surface area contributed by atoms with E-state index < -0.39 is 18.1 Å². The van der Waals surface area contributed by atoms with E-state index in [1.165, 1.54) is 0 Å². The van der Waals surface area contributed by atoms with Crippen LogP contribution in [0.2, 0.25) is 0 Å². The highest BCUT2D eigenvalue weighted by atomic mass is 16.5. The molecular weight excluding hydrogens is 350 g/mol. The minimum atomic E-state index is -1.26. The fourth-order valence-electron chi connectivity index (χ4n) is 3.12. The van der Waals surface area contributed by atoms with Gasteiger partial charge in [-0.25, -0.2) is 15.0 Å². The Morgan fingerprint density at radius 3 is 2.30 bits per heavy atom. The van der Waals surface area contributed by atoms with Crippen molar-refractivity contribution in [3.05, 3.63) is 70.1 Å². The lowest BCUT2D eigenvalue weighted by atomic mass is 9.98. The maximum absolute atomic E-state index is 12.0. The molecule has 9 nitrogen and oxygen atoms in total. The molecule has 2 aromatic rings. The molecule has 1 aliphatic rings. The minimum absolute atomic E-state index is 0.0836. The first-order valence-electron chi connectivity index (χ1n) is 8.23. The largest absolute Gasteiger partial charge is 0.478 e. The number of amides is 1. The van der Waals surface area contributed by atoms with Crippen LogP contribution in [-0.2, 0) is 9.53 Å². The van der Waals surface area contributed by atoms with Gasteiger partial charge < -0.3 is 15.2 Å². The Balaban J connectivity index is 1.62. The molecule has 9 heteroatoms. The summed E-state index contributed by atoms with van der Waals surface area (Å²) in [6.07, 6.45) is -0.745. The van der Waals surface area contributed by atoms with Crippen LogP contribution in [0.4, 0.5) is 4.79 Å². The number of aliphatic carboxylic acids is 1. The number of hydrogen-bond acceptors (Lipinski definition) is 4. The second kappa shape index (κ2) is 8.11. The summed E-state index contributed by atoms with van der Waals surface area (Å²) in [6, 6.07) is 14.6. The summed E-state index contributed by atoms with van der Waals surface area (Å²) >= 11 is 0. The van der Waals surface area contributed by atoms with E-state index in [1.54, 1.807) is 0 Å². The topological polar surface area (TPSA) is 136 Å². The first kappa shape index (κ1) is 18.1. The second-order valence-corrected chi connectivity index (χ2v) is 5.92. The highest BCUT2D eigenvalue weighted by Crippen LogP contribution is 2.44. The van der Waals surface area contributed by atoms with Crippen LogP contribution in [0.1, 0.15) is 17.0 Å². The van der Waals surface area contributed by atoms with Crippen LogP contribution in [-0.4, -0.2) is 36.4 Å². The molecule has 2 aromatic carbocycles. The summed E-state index contributed by atoms with van der Waals surface area (Å²) in [6.45, 7) is -0.160. The van der Waals surface area contributed by atoms with E-state index in [9.17, 15) is 9.59 Å². The fraction of sp³-hybridized carbons (Fsp3) is 0.222. The third-order valence-electron chi connectivity index (χ3n) is 4.35. The molecule has 0 aromatic heterocycles. The van der Waals surface area contributed by atoms with Gasteiger partial charge in [0.25, 0.3) is 0 Å². The van der Waals surface area contributed by atoms with Crippen molar-refractivity contribution in [2.45, 2.75) is 12.0 Å². The zero-order valence-corrected chi connectivity index (χ0v) is 14.2. The molecule has 27 heavy (non-hydrogen) atoms. The van der Waals surface area contributed by atoms with Gasteiger partial charge in [-0.15, -0.1) is 5.53 Å². The number of alkyl carbamates (subject to hydrolysis) is 1. The SMILES string of the molecule is [N-]=[N+]=NN[C@@H](CNC(=O)OCC1c2ccccc2-c2ccccc21)C(=O)O. The van der Waals surface area contributed by atoms with Crippen molar-refractivity contribution in [2.75, 3.05) is 13.2 Å². The Morgan fingerprint density at radius 1 is 1.15 bits per heavy atom. The van der Waals surface area contributed by atoms with Gasteiger partial charge in [-0.2, -0.15) is 4.91 Å². The number of nitrogens with zero attached hydrogens (tertiary/aromatic N) is 3. The van der Waals surface area contributed by atoms with E-state index in [4.69, 9.17) is 15.4 Å². The van der Waals surface area contributed by atoms with Gasteiger partial charge in [-0.3, -0.25) is 0 Å². The molecule has 1 amide bonds. The Bertz CT molecular complexity index is 865. The first-order valence-corrected chi connectivity index (χ1v) is 8.23. The van der Waals surface area contributed by atoms with E-state index >= 15 is 0 Å². The van der Waals surface area contributed by atoms with Crippen molar-refractivity contribution in [2.24, 2.45) is 5.22 Å². The minimum Gasteiger partial charge on any atom is -0.478 e. The molecular formula is C18H17N5O4. The highest BCUT2D eigenvalue weighted by Gasteiger charge is 2.29. The normalized spacial score (nSPS) is 12.9. The van der Waals surface area contributed by atoms with Gasteiger partial charge in [0.05, 0.1) is 6.54 Å². The predicted molar refractivity (Wildman–Crippen MR) is 96.8 cm³/mol. The second-order valence-electron chi connectivity index (χ2n) is 5.92. The Hall–Kier alpha value is -3.71. The molecule has 0 aliphatic heterocycles. The van der Waals surface area contributed by atoms with Gasteiger partial charge in [0.15, 0.2) is 0 Å². The molecule has 0 radical (unpaired) electrons. The molecule has 0 saturated heterocycles. The summed E-state index contributed by atoms with van der Waals surface area (Å²) in [5.41, 5.74) is 14.7. The van der Waals surface area contributed by atoms with Crippen molar-refractivity contribution in [3.8, 4) is 11.1 Å². The predicted octanol–water partition coefficient (Wildman–Crippen LogP) is 2.79. The monoisotopic (exact) mass is 367 g/mol. The smallest absolute Gasteiger partial charge is 0.407 e. The molecule has 1 aliphatic carbocycles. The lowest BCUT2D eigenvalue weighted by molar-refractivity contribution is -0.139. The summed E-state index contributed by atoms with van der Waals surface area (Å²) in [5.74, 6) is -1.35. The number of fused-ring (bicyclic) bond motifs is 3. The molecule has 3 N–H and O–H groups in total. The van der Waals surface area contributed by atoms with Gasteiger partial charge in [-0.05, 0) is 27.5 Å². The molecule has 0 spiro atoms. The Morgan fingerprint density at radius 2 is 1.74 bits per heavy atom. The van der Waals surface area contributed by atoms with Crippen LogP contribution in [0.15, 0.2) is 53.8 Å². The van der Waals surface area contributed by atoms with E-state index in [1.807, 2.05) is 48.5 Å². The Kier molecular flexibility index (Phi) is 5.44. The summed E-state index contributed by atoms with van der Waals surface area (Å²) in [7, 11) is 0. The average molecular weight is 367 g/mol. The summed E-state index contributed by atoms with van der Waals surface area (Å²) in [4.78, 5) is 25.4. The van der Waals surface area contributed by atoms with Crippen molar-refractivity contribution in [1.82, 2.24) is 10.7 Å². The van der Waals surface area contributed by atoms with Crippen molar-refractivity contribution < 1.29 is 19.4 Å². The zero-order valence-electron chi connectivity index (χ0n) is 14.2. The average Bonchev–Trinajstić information content (AvgIpc) is 3.00. The number of carboxylic acid groups (broad SMARTS) is 1. The first-order chi connectivity index (χ1) is 13.1. The number of azide groups is 1. The lowest BCUT2D eigenvalue weighted by Gasteiger charge is -2.15. The molecule has 0 fully saturated rings. The van der Waals surface area contributed by atoms with Crippen molar-refractivity contribution in [3.63, 3.8) is 0 Å². The molecule has 0 saturated carbocycles. The molecule has 1 atom stereocenters. The van der Waals surface area contributed by atoms with E-state index in [0.717, 1.165) is 22.3 Å². The maximum atomic E-state index is 12.0. The Labute approximate surface area is 154 Å². The number of carboxylic acids is 1. The third-order valence-corrected chi connectivity index (χ3v) is 4.35. The van der Waals surface area contributed by atoms with Crippen LogP contribution in [0.25, 0.3) is 21.6 Å². The van der Waals surface area contributed by atoms with E-state index in [0.29, 0.717) is 0 Å². The number of hydrogen-bond donors (Lipinski definition) is 3. The van der Waals surface area contributed by atoms with Crippen LogP contribution in [0, 0.1) is 0 Å². The lowest BCUT2D eigenvalue weighted by Crippen LogP contribution is -2.44. The number of ether oxygens (including phenoxy) is 1. The quantitative estimate of drug-likeness (QED) is 0.299. The highest BCUT2D eigenvalue weighted by molar-refractivity contribution is 5.79. The van der Waals surface area contributed by atoms with Crippen molar-refractivity contribution in [1.29, 1.82) is 0 Å².